The molecular formula is C24H21FN2O2. The van der Waals surface area contributed by atoms with Gasteiger partial charge in [0.05, 0.1) is 17.9 Å². The quantitative estimate of drug-likeness (QED) is 0.627. The van der Waals surface area contributed by atoms with Gasteiger partial charge in [-0.25, -0.2) is 9.18 Å². The minimum atomic E-state index is -0.446. The van der Waals surface area contributed by atoms with E-state index in [0.29, 0.717) is 24.5 Å². The highest BCUT2D eigenvalue weighted by Crippen LogP contribution is 2.33. The van der Waals surface area contributed by atoms with E-state index >= 15 is 0 Å². The van der Waals surface area contributed by atoms with Crippen molar-refractivity contribution in [2.75, 3.05) is 22.9 Å². The summed E-state index contributed by atoms with van der Waals surface area (Å²) in [6, 6.07) is 22.9. The van der Waals surface area contributed by atoms with Crippen molar-refractivity contribution in [1.82, 2.24) is 0 Å². The van der Waals surface area contributed by atoms with Crippen LogP contribution >= 0.6 is 0 Å². The monoisotopic (exact) mass is 388 g/mol. The zero-order chi connectivity index (χ0) is 19.8. The van der Waals surface area contributed by atoms with Gasteiger partial charge in [0.2, 0.25) is 0 Å². The average Bonchev–Trinajstić information content (AvgIpc) is 3.15. The van der Waals surface area contributed by atoms with Gasteiger partial charge in [0.25, 0.3) is 0 Å². The van der Waals surface area contributed by atoms with Crippen LogP contribution in [0.1, 0.15) is 22.8 Å². The first-order valence-corrected chi connectivity index (χ1v) is 9.83. The molecule has 1 fully saturated rings. The zero-order valence-electron chi connectivity index (χ0n) is 15.9. The molecule has 0 radical (unpaired) electrons. The Morgan fingerprint density at radius 2 is 1.69 bits per heavy atom. The summed E-state index contributed by atoms with van der Waals surface area (Å²) >= 11 is 0. The van der Waals surface area contributed by atoms with Gasteiger partial charge in [-0.2, -0.15) is 0 Å². The Morgan fingerprint density at radius 1 is 0.931 bits per heavy atom. The van der Waals surface area contributed by atoms with Crippen LogP contribution in [0.4, 0.5) is 20.6 Å². The number of carbonyl (C=O) groups excluding carboxylic acids is 1. The van der Waals surface area contributed by atoms with Gasteiger partial charge < -0.3 is 9.64 Å². The van der Waals surface area contributed by atoms with Gasteiger partial charge in [0.1, 0.15) is 11.9 Å². The van der Waals surface area contributed by atoms with Crippen molar-refractivity contribution in [3.63, 3.8) is 0 Å². The summed E-state index contributed by atoms with van der Waals surface area (Å²) in [4.78, 5) is 15.9. The molecule has 0 saturated carbocycles. The topological polar surface area (TPSA) is 32.8 Å². The minimum absolute atomic E-state index is 0.321. The van der Waals surface area contributed by atoms with Crippen LogP contribution in [0.5, 0.6) is 0 Å². The molecule has 3 aromatic rings. The van der Waals surface area contributed by atoms with Crippen molar-refractivity contribution in [1.29, 1.82) is 0 Å². The smallest absolute Gasteiger partial charge is 0.415 e. The highest BCUT2D eigenvalue weighted by atomic mass is 19.1. The fourth-order valence-corrected chi connectivity index (χ4v) is 4.14. The summed E-state index contributed by atoms with van der Waals surface area (Å²) in [7, 11) is 0. The van der Waals surface area contributed by atoms with E-state index in [2.05, 4.69) is 17.0 Å². The molecule has 0 unspecified atom stereocenters. The number of nitrogens with zero attached hydrogens (tertiary/aromatic N) is 2. The third-order valence-corrected chi connectivity index (χ3v) is 5.70. The summed E-state index contributed by atoms with van der Waals surface area (Å²) in [5.74, 6) is -0.321. The molecule has 0 bridgehead atoms. The first-order chi connectivity index (χ1) is 14.2. The fourth-order valence-electron chi connectivity index (χ4n) is 4.14. The Hall–Kier alpha value is -3.34. The lowest BCUT2D eigenvalue weighted by atomic mass is 9.99. The first kappa shape index (κ1) is 17.7. The van der Waals surface area contributed by atoms with E-state index < -0.39 is 6.09 Å². The molecule has 0 aliphatic carbocycles. The molecule has 0 spiro atoms. The molecule has 5 heteroatoms. The normalized spacial score (nSPS) is 18.5. The summed E-state index contributed by atoms with van der Waals surface area (Å²) in [5, 5.41) is 0. The van der Waals surface area contributed by atoms with Crippen LogP contribution in [0.15, 0.2) is 72.8 Å². The van der Waals surface area contributed by atoms with Crippen LogP contribution < -0.4 is 9.80 Å². The predicted octanol–water partition coefficient (Wildman–Crippen LogP) is 5.09. The van der Waals surface area contributed by atoms with Crippen molar-refractivity contribution < 1.29 is 13.9 Å². The molecule has 3 aromatic carbocycles. The van der Waals surface area contributed by atoms with Crippen molar-refractivity contribution in [2.45, 2.75) is 19.1 Å². The summed E-state index contributed by atoms with van der Waals surface area (Å²) < 4.78 is 20.5. The van der Waals surface area contributed by atoms with E-state index in [4.69, 9.17) is 4.74 Å². The summed E-state index contributed by atoms with van der Waals surface area (Å²) in [5.41, 5.74) is 4.58. The number of rotatable bonds is 3. The Kier molecular flexibility index (Phi) is 4.43. The Morgan fingerprint density at radius 3 is 2.48 bits per heavy atom. The summed E-state index contributed by atoms with van der Waals surface area (Å²) in [6.45, 7) is 1.84. The maximum Gasteiger partial charge on any atom is 0.415 e. The lowest BCUT2D eigenvalue weighted by molar-refractivity contribution is 0.142. The van der Waals surface area contributed by atoms with Crippen LogP contribution in [0.2, 0.25) is 0 Å². The number of hydrogen-bond acceptors (Lipinski definition) is 3. The highest BCUT2D eigenvalue weighted by Gasteiger charge is 2.33. The van der Waals surface area contributed by atoms with Crippen molar-refractivity contribution in [3.8, 4) is 0 Å². The van der Waals surface area contributed by atoms with Crippen LogP contribution in [-0.4, -0.2) is 19.2 Å². The van der Waals surface area contributed by atoms with E-state index in [1.807, 2.05) is 42.5 Å². The predicted molar refractivity (Wildman–Crippen MR) is 111 cm³/mol. The van der Waals surface area contributed by atoms with Gasteiger partial charge in [0, 0.05) is 13.1 Å². The largest absolute Gasteiger partial charge is 0.439 e. The summed E-state index contributed by atoms with van der Waals surface area (Å²) in [6.07, 6.45) is 0.108. The molecule has 146 valence electrons. The Bertz CT molecular complexity index is 1050. The molecule has 29 heavy (non-hydrogen) atoms. The number of halogens is 1. The van der Waals surface area contributed by atoms with Gasteiger partial charge in [-0.15, -0.1) is 0 Å². The van der Waals surface area contributed by atoms with Crippen molar-refractivity contribution in [3.05, 3.63) is 95.3 Å². The standard InChI is InChI=1S/C24H21FN2O2/c25-21-14-20(27-16-23(29-24(27)28)18-7-2-1-3-8-18)10-11-22(21)26-13-12-17-6-4-5-9-19(17)15-26/h1-11,14,23H,12-13,15-16H2/t23-/m1/s1. The van der Waals surface area contributed by atoms with Gasteiger partial charge in [-0.1, -0.05) is 54.6 Å². The first-order valence-electron chi connectivity index (χ1n) is 9.83. The van der Waals surface area contributed by atoms with E-state index in [1.54, 1.807) is 12.1 Å². The molecule has 5 rings (SSSR count). The molecular weight excluding hydrogens is 367 g/mol. The number of ether oxygens (including phenoxy) is 1. The number of fused-ring (bicyclic) bond motifs is 1. The van der Waals surface area contributed by atoms with Crippen LogP contribution in [0.3, 0.4) is 0 Å². The Balaban J connectivity index is 1.36. The maximum absolute atomic E-state index is 15.0. The SMILES string of the molecule is O=C1O[C@@H](c2ccccc2)CN1c1ccc(N2CCc3ccccc3C2)c(F)c1. The van der Waals surface area contributed by atoms with Gasteiger partial charge in [0.15, 0.2) is 0 Å². The molecule has 1 amide bonds. The molecule has 2 aliphatic rings. The third-order valence-electron chi connectivity index (χ3n) is 5.70. The van der Waals surface area contributed by atoms with Gasteiger partial charge in [-0.05, 0) is 41.3 Å². The minimum Gasteiger partial charge on any atom is -0.439 e. The van der Waals surface area contributed by atoms with Crippen LogP contribution in [-0.2, 0) is 17.7 Å². The number of hydrogen-bond donors (Lipinski definition) is 0. The Labute approximate surface area is 169 Å². The van der Waals surface area contributed by atoms with E-state index in [-0.39, 0.29) is 11.9 Å². The molecule has 4 nitrogen and oxygen atoms in total. The van der Waals surface area contributed by atoms with Crippen LogP contribution in [0, 0.1) is 5.82 Å². The number of cyclic esters (lactones) is 1. The lowest BCUT2D eigenvalue weighted by Crippen LogP contribution is -2.31. The van der Waals surface area contributed by atoms with E-state index in [1.165, 1.54) is 22.1 Å². The molecule has 2 aliphatic heterocycles. The second kappa shape index (κ2) is 7.24. The van der Waals surface area contributed by atoms with Crippen molar-refractivity contribution in [2.24, 2.45) is 0 Å². The highest BCUT2D eigenvalue weighted by molar-refractivity contribution is 5.90. The molecule has 1 saturated heterocycles. The molecule has 0 aromatic heterocycles. The fraction of sp³-hybridized carbons (Fsp3) is 0.208. The molecule has 0 N–H and O–H groups in total. The van der Waals surface area contributed by atoms with Gasteiger partial charge in [-0.3, -0.25) is 4.90 Å². The maximum atomic E-state index is 15.0. The molecule has 1 atom stereocenters. The zero-order valence-corrected chi connectivity index (χ0v) is 15.9. The van der Waals surface area contributed by atoms with E-state index in [9.17, 15) is 9.18 Å². The second-order valence-electron chi connectivity index (χ2n) is 7.47. The number of amides is 1. The van der Waals surface area contributed by atoms with E-state index in [0.717, 1.165) is 18.5 Å². The number of carbonyl (C=O) groups is 1. The van der Waals surface area contributed by atoms with Gasteiger partial charge >= 0.3 is 6.09 Å². The van der Waals surface area contributed by atoms with Crippen LogP contribution in [0.25, 0.3) is 0 Å². The number of anilines is 2. The second-order valence-corrected chi connectivity index (χ2v) is 7.47. The average molecular weight is 388 g/mol. The lowest BCUT2D eigenvalue weighted by Gasteiger charge is -2.31. The van der Waals surface area contributed by atoms with Crippen molar-refractivity contribution >= 4 is 17.5 Å². The third kappa shape index (κ3) is 3.33. The molecule has 2 heterocycles. The number of benzene rings is 3.